The third-order valence-electron chi connectivity index (χ3n) is 3.28. The van der Waals surface area contributed by atoms with Crippen LogP contribution in [0.5, 0.6) is 0 Å². The Morgan fingerprint density at radius 3 is 2.74 bits per heavy atom. The zero-order valence-electron chi connectivity index (χ0n) is 11.9. The number of nitrogens with one attached hydrogen (secondary N) is 1. The lowest BCUT2D eigenvalue weighted by molar-refractivity contribution is 0.621. The van der Waals surface area contributed by atoms with Gasteiger partial charge < -0.3 is 11.1 Å². The molecule has 0 aliphatic carbocycles. The Balaban J connectivity index is 2.37. The minimum absolute atomic E-state index is 0.353. The summed E-state index contributed by atoms with van der Waals surface area (Å²) in [6.07, 6.45) is 4.42. The molecule has 0 spiro atoms. The highest BCUT2D eigenvalue weighted by molar-refractivity contribution is 7.18. The van der Waals surface area contributed by atoms with E-state index in [0.29, 0.717) is 12.0 Å². The molecule has 0 radical (unpaired) electrons. The minimum atomic E-state index is 0.353. The summed E-state index contributed by atoms with van der Waals surface area (Å²) in [5, 5.41) is 4.63. The van der Waals surface area contributed by atoms with Gasteiger partial charge in [0.15, 0.2) is 0 Å². The minimum Gasteiger partial charge on any atom is -0.368 e. The van der Waals surface area contributed by atoms with Gasteiger partial charge in [0.25, 0.3) is 0 Å². The van der Waals surface area contributed by atoms with Gasteiger partial charge in [0, 0.05) is 10.9 Å². The number of fused-ring (bicyclic) bond motifs is 1. The molecule has 4 nitrogen and oxygen atoms in total. The van der Waals surface area contributed by atoms with E-state index in [1.54, 1.807) is 11.3 Å². The molecule has 5 heteroatoms. The second kappa shape index (κ2) is 6.19. The Morgan fingerprint density at radius 2 is 2.11 bits per heavy atom. The van der Waals surface area contributed by atoms with E-state index >= 15 is 0 Å². The zero-order chi connectivity index (χ0) is 13.8. The van der Waals surface area contributed by atoms with Crippen LogP contribution < -0.4 is 11.1 Å². The molecule has 0 fully saturated rings. The molecule has 0 amide bonds. The standard InChI is InChI=1S/C14H22N4S/c1-4-7-9(5-2)16-12-11-8-10(6-3)19-13(11)18-14(15)17-12/h8-9H,4-7H2,1-3H3,(H3,15,16,17,18). The van der Waals surface area contributed by atoms with Gasteiger partial charge in [-0.15, -0.1) is 11.3 Å². The van der Waals surface area contributed by atoms with E-state index in [-0.39, 0.29) is 0 Å². The van der Waals surface area contributed by atoms with Gasteiger partial charge in [-0.25, -0.2) is 4.98 Å². The number of rotatable bonds is 6. The normalized spacial score (nSPS) is 12.8. The fraction of sp³-hybridized carbons (Fsp3) is 0.571. The van der Waals surface area contributed by atoms with E-state index in [9.17, 15) is 0 Å². The summed E-state index contributed by atoms with van der Waals surface area (Å²) in [7, 11) is 0. The van der Waals surface area contributed by atoms with Crippen LogP contribution in [0.25, 0.3) is 10.2 Å². The Labute approximate surface area is 118 Å². The van der Waals surface area contributed by atoms with Crippen molar-refractivity contribution in [2.24, 2.45) is 0 Å². The zero-order valence-corrected chi connectivity index (χ0v) is 12.7. The van der Waals surface area contributed by atoms with E-state index in [0.717, 1.165) is 35.3 Å². The van der Waals surface area contributed by atoms with E-state index in [1.165, 1.54) is 11.3 Å². The summed E-state index contributed by atoms with van der Waals surface area (Å²) in [5.74, 6) is 1.24. The summed E-state index contributed by atoms with van der Waals surface area (Å²) in [5.41, 5.74) is 5.81. The van der Waals surface area contributed by atoms with Crippen LogP contribution >= 0.6 is 11.3 Å². The van der Waals surface area contributed by atoms with Crippen molar-refractivity contribution in [1.29, 1.82) is 0 Å². The second-order valence-electron chi connectivity index (χ2n) is 4.75. The first-order valence-electron chi connectivity index (χ1n) is 7.00. The lowest BCUT2D eigenvalue weighted by Gasteiger charge is -2.17. The SMILES string of the molecule is CCCC(CC)Nc1nc(N)nc2sc(CC)cc12. The quantitative estimate of drug-likeness (QED) is 0.843. The maximum atomic E-state index is 5.81. The van der Waals surface area contributed by atoms with E-state index in [1.807, 2.05) is 0 Å². The summed E-state index contributed by atoms with van der Waals surface area (Å²) in [6, 6.07) is 2.63. The molecule has 3 N–H and O–H groups in total. The first-order valence-corrected chi connectivity index (χ1v) is 7.82. The van der Waals surface area contributed by atoms with Crippen LogP contribution in [0.3, 0.4) is 0 Å². The van der Waals surface area contributed by atoms with Crippen LogP contribution in [0.1, 0.15) is 44.9 Å². The van der Waals surface area contributed by atoms with Crippen LogP contribution in [0.15, 0.2) is 6.07 Å². The largest absolute Gasteiger partial charge is 0.368 e. The number of nitrogen functional groups attached to an aromatic ring is 1. The number of nitrogens with zero attached hydrogens (tertiary/aromatic N) is 2. The van der Waals surface area contributed by atoms with Gasteiger partial charge in [0.1, 0.15) is 10.6 Å². The Morgan fingerprint density at radius 1 is 1.32 bits per heavy atom. The molecule has 0 aliphatic rings. The van der Waals surface area contributed by atoms with E-state index < -0.39 is 0 Å². The number of anilines is 2. The van der Waals surface area contributed by atoms with E-state index in [2.05, 4.69) is 42.1 Å². The van der Waals surface area contributed by atoms with Crippen molar-refractivity contribution in [3.8, 4) is 0 Å². The molecule has 1 atom stereocenters. The number of aryl methyl sites for hydroxylation is 1. The average molecular weight is 278 g/mol. The molecular weight excluding hydrogens is 256 g/mol. The molecule has 1 unspecified atom stereocenters. The van der Waals surface area contributed by atoms with Crippen molar-refractivity contribution >= 4 is 33.3 Å². The van der Waals surface area contributed by atoms with Crippen molar-refractivity contribution in [2.45, 2.75) is 52.5 Å². The van der Waals surface area contributed by atoms with Crippen LogP contribution in [0.4, 0.5) is 11.8 Å². The van der Waals surface area contributed by atoms with Crippen molar-refractivity contribution < 1.29 is 0 Å². The Bertz CT molecular complexity index is 550. The molecule has 2 heterocycles. The van der Waals surface area contributed by atoms with Crippen LogP contribution in [0, 0.1) is 0 Å². The Hall–Kier alpha value is -1.36. The highest BCUT2D eigenvalue weighted by Crippen LogP contribution is 2.30. The maximum Gasteiger partial charge on any atom is 0.223 e. The third-order valence-corrected chi connectivity index (χ3v) is 4.45. The first-order chi connectivity index (χ1) is 9.17. The van der Waals surface area contributed by atoms with Gasteiger partial charge in [0.2, 0.25) is 5.95 Å². The van der Waals surface area contributed by atoms with Crippen molar-refractivity contribution in [2.75, 3.05) is 11.1 Å². The molecule has 2 aromatic heterocycles. The average Bonchev–Trinajstić information content (AvgIpc) is 2.81. The maximum absolute atomic E-state index is 5.81. The van der Waals surface area contributed by atoms with Gasteiger partial charge in [-0.3, -0.25) is 0 Å². The molecule has 0 aromatic carbocycles. The van der Waals surface area contributed by atoms with Crippen LogP contribution in [-0.2, 0) is 6.42 Å². The number of aromatic nitrogens is 2. The molecule has 19 heavy (non-hydrogen) atoms. The summed E-state index contributed by atoms with van der Waals surface area (Å²) in [4.78, 5) is 11.0. The Kier molecular flexibility index (Phi) is 4.58. The molecule has 0 saturated carbocycles. The smallest absolute Gasteiger partial charge is 0.223 e. The van der Waals surface area contributed by atoms with Crippen LogP contribution in [-0.4, -0.2) is 16.0 Å². The second-order valence-corrected chi connectivity index (χ2v) is 5.87. The monoisotopic (exact) mass is 278 g/mol. The lowest BCUT2D eigenvalue weighted by Crippen LogP contribution is -2.19. The summed E-state index contributed by atoms with van der Waals surface area (Å²) < 4.78 is 0. The predicted molar refractivity (Wildman–Crippen MR) is 83.8 cm³/mol. The highest BCUT2D eigenvalue weighted by atomic mass is 32.1. The third kappa shape index (κ3) is 3.15. The van der Waals surface area contributed by atoms with Crippen molar-refractivity contribution in [1.82, 2.24) is 9.97 Å². The molecule has 0 bridgehead atoms. The van der Waals surface area contributed by atoms with Gasteiger partial charge in [-0.1, -0.05) is 27.2 Å². The molecular formula is C14H22N4S. The number of hydrogen-bond acceptors (Lipinski definition) is 5. The van der Waals surface area contributed by atoms with Crippen molar-refractivity contribution in [3.63, 3.8) is 0 Å². The number of hydrogen-bond donors (Lipinski definition) is 2. The van der Waals surface area contributed by atoms with Gasteiger partial charge in [-0.05, 0) is 25.3 Å². The number of thiophene rings is 1. The fourth-order valence-electron chi connectivity index (χ4n) is 2.19. The first kappa shape index (κ1) is 14.1. The predicted octanol–water partition coefficient (Wildman–Crippen LogP) is 3.83. The van der Waals surface area contributed by atoms with E-state index in [4.69, 9.17) is 5.73 Å². The number of nitrogens with two attached hydrogens (primary N) is 1. The molecule has 0 saturated heterocycles. The van der Waals surface area contributed by atoms with Gasteiger partial charge >= 0.3 is 0 Å². The van der Waals surface area contributed by atoms with Gasteiger partial charge in [-0.2, -0.15) is 4.98 Å². The topological polar surface area (TPSA) is 63.8 Å². The van der Waals surface area contributed by atoms with Gasteiger partial charge in [0.05, 0.1) is 5.39 Å². The highest BCUT2D eigenvalue weighted by Gasteiger charge is 2.13. The van der Waals surface area contributed by atoms with Crippen molar-refractivity contribution in [3.05, 3.63) is 10.9 Å². The summed E-state index contributed by atoms with van der Waals surface area (Å²) in [6.45, 7) is 6.55. The molecule has 104 valence electrons. The fourth-order valence-corrected chi connectivity index (χ4v) is 3.17. The molecule has 0 aliphatic heterocycles. The lowest BCUT2D eigenvalue weighted by atomic mass is 10.1. The molecule has 2 aromatic rings. The molecule has 2 rings (SSSR count). The van der Waals surface area contributed by atoms with Crippen LogP contribution in [0.2, 0.25) is 0 Å². The summed E-state index contributed by atoms with van der Waals surface area (Å²) >= 11 is 1.70.